The molecule has 0 bridgehead atoms. The molecule has 0 spiro atoms. The quantitative estimate of drug-likeness (QED) is 0.739. The van der Waals surface area contributed by atoms with E-state index in [1.807, 2.05) is 19.1 Å². The Kier molecular flexibility index (Phi) is 5.12. The topological polar surface area (TPSA) is 33.4 Å². The third-order valence-electron chi connectivity index (χ3n) is 1.99. The molecule has 0 aliphatic heterocycles. The van der Waals surface area contributed by atoms with Gasteiger partial charge in [-0.15, -0.1) is 0 Å². The van der Waals surface area contributed by atoms with E-state index in [4.69, 9.17) is 9.52 Å². The minimum atomic E-state index is -0.190. The van der Waals surface area contributed by atoms with Crippen molar-refractivity contribution in [1.29, 1.82) is 0 Å². The Bertz CT molecular complexity index is 256. The Balaban J connectivity index is 2.18. The van der Waals surface area contributed by atoms with Crippen LogP contribution in [0.5, 0.6) is 0 Å². The van der Waals surface area contributed by atoms with E-state index in [9.17, 15) is 0 Å². The Morgan fingerprint density at radius 2 is 2.14 bits per heavy atom. The maximum absolute atomic E-state index is 9.05. The van der Waals surface area contributed by atoms with Crippen LogP contribution in [0.3, 0.4) is 0 Å². The van der Waals surface area contributed by atoms with E-state index in [0.29, 0.717) is 0 Å². The van der Waals surface area contributed by atoms with Gasteiger partial charge in [-0.1, -0.05) is 6.92 Å². The zero-order chi connectivity index (χ0) is 10.4. The molecule has 0 aliphatic rings. The minimum Gasteiger partial charge on any atom is -0.465 e. The molecular weight excluding hydrogens is 196 g/mol. The highest BCUT2D eigenvalue weighted by Gasteiger charge is 2.01. The Morgan fingerprint density at radius 3 is 2.71 bits per heavy atom. The second kappa shape index (κ2) is 6.14. The molecule has 3 heteroatoms. The summed E-state index contributed by atoms with van der Waals surface area (Å²) >= 11 is 1.80. The summed E-state index contributed by atoms with van der Waals surface area (Å²) in [5.41, 5.74) is 0. The van der Waals surface area contributed by atoms with E-state index in [2.05, 4.69) is 6.92 Å². The van der Waals surface area contributed by atoms with Crippen LogP contribution in [0, 0.1) is 0 Å². The van der Waals surface area contributed by atoms with E-state index >= 15 is 0 Å². The Labute approximate surface area is 89.7 Å². The van der Waals surface area contributed by atoms with Crippen molar-refractivity contribution in [3.63, 3.8) is 0 Å². The molecule has 1 aromatic heterocycles. The molecule has 0 fully saturated rings. The average molecular weight is 214 g/mol. The van der Waals surface area contributed by atoms with Crippen LogP contribution in [0.15, 0.2) is 16.5 Å². The van der Waals surface area contributed by atoms with Crippen molar-refractivity contribution in [3.05, 3.63) is 23.7 Å². The van der Waals surface area contributed by atoms with Crippen LogP contribution in [-0.2, 0) is 12.2 Å². The summed E-state index contributed by atoms with van der Waals surface area (Å²) in [7, 11) is 0. The van der Waals surface area contributed by atoms with Gasteiger partial charge in [-0.3, -0.25) is 0 Å². The van der Waals surface area contributed by atoms with Gasteiger partial charge in [0.05, 0.1) is 11.9 Å². The van der Waals surface area contributed by atoms with Crippen molar-refractivity contribution < 1.29 is 9.52 Å². The lowest BCUT2D eigenvalue weighted by molar-refractivity contribution is 0.192. The molecule has 2 nitrogen and oxygen atoms in total. The van der Waals surface area contributed by atoms with Gasteiger partial charge in [0.2, 0.25) is 0 Å². The van der Waals surface area contributed by atoms with E-state index in [1.165, 1.54) is 0 Å². The molecule has 14 heavy (non-hydrogen) atoms. The third kappa shape index (κ3) is 4.20. The zero-order valence-electron chi connectivity index (χ0n) is 8.82. The maximum atomic E-state index is 9.05. The number of hydrogen-bond acceptors (Lipinski definition) is 3. The van der Waals surface area contributed by atoms with Crippen LogP contribution < -0.4 is 0 Å². The molecule has 0 aromatic carbocycles. The van der Waals surface area contributed by atoms with E-state index in [1.54, 1.807) is 11.8 Å². The summed E-state index contributed by atoms with van der Waals surface area (Å²) in [4.78, 5) is 0. The minimum absolute atomic E-state index is 0.190. The van der Waals surface area contributed by atoms with Gasteiger partial charge in [0, 0.05) is 6.42 Å². The first kappa shape index (κ1) is 11.7. The number of rotatable bonds is 6. The zero-order valence-corrected chi connectivity index (χ0v) is 9.64. The first-order valence-electron chi connectivity index (χ1n) is 5.05. The van der Waals surface area contributed by atoms with Crippen molar-refractivity contribution in [2.75, 3.05) is 5.75 Å². The Hall–Kier alpha value is -0.410. The largest absolute Gasteiger partial charge is 0.465 e. The number of aliphatic hydroxyl groups excluding tert-OH is 1. The standard InChI is InChI=1S/C11H18O2S/c1-3-10-4-5-11(13-10)8-14-7-6-9(2)12/h4-5,9,12H,3,6-8H2,1-2H3. The van der Waals surface area contributed by atoms with Gasteiger partial charge in [0.15, 0.2) is 0 Å². The number of thioether (sulfide) groups is 1. The molecule has 0 aliphatic carbocycles. The number of hydrogen-bond donors (Lipinski definition) is 1. The summed E-state index contributed by atoms with van der Waals surface area (Å²) in [6.07, 6.45) is 1.62. The summed E-state index contributed by atoms with van der Waals surface area (Å²) < 4.78 is 5.56. The second-order valence-corrected chi connectivity index (χ2v) is 4.52. The molecule has 1 aromatic rings. The lowest BCUT2D eigenvalue weighted by Crippen LogP contribution is -2.00. The molecule has 1 unspecified atom stereocenters. The van der Waals surface area contributed by atoms with Crippen LogP contribution >= 0.6 is 11.8 Å². The molecule has 1 atom stereocenters. The smallest absolute Gasteiger partial charge is 0.114 e. The highest BCUT2D eigenvalue weighted by atomic mass is 32.2. The predicted octanol–water partition coefficient (Wildman–Crippen LogP) is 2.85. The summed E-state index contributed by atoms with van der Waals surface area (Å²) in [5, 5.41) is 9.05. The van der Waals surface area contributed by atoms with Crippen LogP contribution in [0.25, 0.3) is 0 Å². The lowest BCUT2D eigenvalue weighted by Gasteiger charge is -2.02. The van der Waals surface area contributed by atoms with Gasteiger partial charge in [-0.05, 0) is 31.2 Å². The van der Waals surface area contributed by atoms with Crippen LogP contribution in [-0.4, -0.2) is 17.0 Å². The number of aryl methyl sites for hydroxylation is 1. The maximum Gasteiger partial charge on any atom is 0.114 e. The first-order chi connectivity index (χ1) is 6.72. The normalized spacial score (nSPS) is 13.1. The fraction of sp³-hybridized carbons (Fsp3) is 0.636. The average Bonchev–Trinajstić information content (AvgIpc) is 2.60. The monoisotopic (exact) mass is 214 g/mol. The molecule has 1 N–H and O–H groups in total. The van der Waals surface area contributed by atoms with Gasteiger partial charge in [-0.2, -0.15) is 11.8 Å². The SMILES string of the molecule is CCc1ccc(CSCCC(C)O)o1. The Morgan fingerprint density at radius 1 is 1.43 bits per heavy atom. The first-order valence-corrected chi connectivity index (χ1v) is 6.21. The highest BCUT2D eigenvalue weighted by Crippen LogP contribution is 2.16. The third-order valence-corrected chi connectivity index (χ3v) is 3.00. The molecular formula is C11H18O2S. The van der Waals surface area contributed by atoms with Gasteiger partial charge in [-0.25, -0.2) is 0 Å². The summed E-state index contributed by atoms with van der Waals surface area (Å²) in [5.74, 6) is 3.99. The predicted molar refractivity (Wildman–Crippen MR) is 60.5 cm³/mol. The van der Waals surface area contributed by atoms with E-state index < -0.39 is 0 Å². The molecule has 0 radical (unpaired) electrons. The summed E-state index contributed by atoms with van der Waals surface area (Å²) in [6.45, 7) is 3.91. The molecule has 0 saturated carbocycles. The molecule has 0 amide bonds. The lowest BCUT2D eigenvalue weighted by atomic mass is 10.3. The summed E-state index contributed by atoms with van der Waals surface area (Å²) in [6, 6.07) is 4.07. The highest BCUT2D eigenvalue weighted by molar-refractivity contribution is 7.98. The molecule has 1 heterocycles. The molecule has 80 valence electrons. The molecule has 0 saturated heterocycles. The van der Waals surface area contributed by atoms with Crippen LogP contribution in [0.2, 0.25) is 0 Å². The number of aliphatic hydroxyl groups is 1. The van der Waals surface area contributed by atoms with Gasteiger partial charge >= 0.3 is 0 Å². The van der Waals surface area contributed by atoms with Crippen LogP contribution in [0.1, 0.15) is 31.8 Å². The van der Waals surface area contributed by atoms with Crippen molar-refractivity contribution in [2.24, 2.45) is 0 Å². The van der Waals surface area contributed by atoms with Crippen molar-refractivity contribution in [2.45, 2.75) is 38.5 Å². The van der Waals surface area contributed by atoms with Gasteiger partial charge in [0.1, 0.15) is 11.5 Å². The van der Waals surface area contributed by atoms with Gasteiger partial charge < -0.3 is 9.52 Å². The number of furan rings is 1. The van der Waals surface area contributed by atoms with E-state index in [-0.39, 0.29) is 6.10 Å². The van der Waals surface area contributed by atoms with Crippen molar-refractivity contribution >= 4 is 11.8 Å². The van der Waals surface area contributed by atoms with Crippen LogP contribution in [0.4, 0.5) is 0 Å². The fourth-order valence-electron chi connectivity index (χ4n) is 1.12. The van der Waals surface area contributed by atoms with E-state index in [0.717, 1.165) is 35.9 Å². The molecule has 1 rings (SSSR count). The fourth-order valence-corrected chi connectivity index (χ4v) is 2.13. The van der Waals surface area contributed by atoms with Crippen molar-refractivity contribution in [1.82, 2.24) is 0 Å². The van der Waals surface area contributed by atoms with Gasteiger partial charge in [0.25, 0.3) is 0 Å². The van der Waals surface area contributed by atoms with Crippen molar-refractivity contribution in [3.8, 4) is 0 Å². The second-order valence-electron chi connectivity index (χ2n) is 3.41.